The first-order valence-electron chi connectivity index (χ1n) is 6.55. The summed E-state index contributed by atoms with van der Waals surface area (Å²) in [5, 5.41) is 11.0. The molecule has 0 unspecified atom stereocenters. The maximum atomic E-state index is 12.8. The predicted octanol–water partition coefficient (Wildman–Crippen LogP) is 5.98. The molecule has 0 aromatic heterocycles. The van der Waals surface area contributed by atoms with E-state index in [2.05, 4.69) is 10.0 Å². The Bertz CT molecular complexity index is 817. The molecule has 2 aromatic carbocycles. The fourth-order valence-electron chi connectivity index (χ4n) is 1.90. The molecule has 1 N–H and O–H groups in total. The second-order valence-corrected chi connectivity index (χ2v) is 5.13. The van der Waals surface area contributed by atoms with Crippen LogP contribution in [-0.4, -0.2) is 5.84 Å². The zero-order valence-electron chi connectivity index (χ0n) is 12.0. The molecule has 124 valence electrons. The zero-order valence-corrected chi connectivity index (χ0v) is 12.8. The van der Waals surface area contributed by atoms with Gasteiger partial charge < -0.3 is 10.1 Å². The van der Waals surface area contributed by atoms with Gasteiger partial charge in [-0.2, -0.15) is 13.2 Å². The number of hydrogen-bond donors (Lipinski definition) is 1. The standard InChI is InChI=1S/C15H10ClF3N4O/c16-11-5-4-9(6-14(20)22-23-21)13(8-11)24-12-3-1-2-10(7-12)15(17,18)19/h1-5,7-8,20H,6H2. The average Bonchev–Trinajstić information content (AvgIpc) is 2.50. The van der Waals surface area contributed by atoms with E-state index < -0.39 is 11.7 Å². The lowest BCUT2D eigenvalue weighted by atomic mass is 10.1. The van der Waals surface area contributed by atoms with E-state index in [9.17, 15) is 13.2 Å². The molecule has 0 atom stereocenters. The maximum absolute atomic E-state index is 12.8. The molecule has 0 aliphatic carbocycles. The molecule has 0 spiro atoms. The van der Waals surface area contributed by atoms with Crippen molar-refractivity contribution < 1.29 is 17.9 Å². The highest BCUT2D eigenvalue weighted by Gasteiger charge is 2.30. The first-order chi connectivity index (χ1) is 11.3. The average molecular weight is 355 g/mol. The minimum atomic E-state index is -4.49. The van der Waals surface area contributed by atoms with Crippen molar-refractivity contribution in [2.24, 2.45) is 5.11 Å². The van der Waals surface area contributed by atoms with Crippen LogP contribution in [-0.2, 0) is 12.6 Å². The highest BCUT2D eigenvalue weighted by Crippen LogP contribution is 2.34. The summed E-state index contributed by atoms with van der Waals surface area (Å²) in [7, 11) is 0. The van der Waals surface area contributed by atoms with Crippen molar-refractivity contribution in [1.82, 2.24) is 0 Å². The molecule has 0 heterocycles. The quantitative estimate of drug-likeness (QED) is 0.236. The Kier molecular flexibility index (Phi) is 5.33. The molecule has 2 rings (SSSR count). The molecule has 24 heavy (non-hydrogen) atoms. The van der Waals surface area contributed by atoms with Gasteiger partial charge in [-0.15, -0.1) is 0 Å². The van der Waals surface area contributed by atoms with Crippen LogP contribution in [0.2, 0.25) is 5.02 Å². The molecule has 0 radical (unpaired) electrons. The summed E-state index contributed by atoms with van der Waals surface area (Å²) in [6.45, 7) is 0. The molecule has 0 amide bonds. The molecule has 0 saturated carbocycles. The number of nitrogens with zero attached hydrogens (tertiary/aromatic N) is 3. The third-order valence-corrected chi connectivity index (χ3v) is 3.18. The number of rotatable bonds is 4. The Balaban J connectivity index is 2.33. The van der Waals surface area contributed by atoms with Gasteiger partial charge in [0.25, 0.3) is 0 Å². The van der Waals surface area contributed by atoms with Gasteiger partial charge in [-0.05, 0) is 41.0 Å². The Morgan fingerprint density at radius 3 is 2.67 bits per heavy atom. The van der Waals surface area contributed by atoms with E-state index in [1.54, 1.807) is 12.1 Å². The number of nitrogens with one attached hydrogen (secondary N) is 1. The van der Waals surface area contributed by atoms with E-state index in [4.69, 9.17) is 27.3 Å². The lowest BCUT2D eigenvalue weighted by Crippen LogP contribution is -2.05. The first kappa shape index (κ1) is 17.7. The molecular weight excluding hydrogens is 345 g/mol. The number of hydrogen-bond acceptors (Lipinski definition) is 2. The number of alkyl halides is 3. The van der Waals surface area contributed by atoms with Crippen LogP contribution in [0.1, 0.15) is 11.1 Å². The second kappa shape index (κ2) is 7.25. The van der Waals surface area contributed by atoms with Crippen molar-refractivity contribution in [2.75, 3.05) is 0 Å². The van der Waals surface area contributed by atoms with Gasteiger partial charge in [-0.3, -0.25) is 0 Å². The zero-order chi connectivity index (χ0) is 17.7. The summed E-state index contributed by atoms with van der Waals surface area (Å²) in [5.41, 5.74) is 7.94. The third-order valence-electron chi connectivity index (χ3n) is 2.94. The van der Waals surface area contributed by atoms with Gasteiger partial charge >= 0.3 is 6.18 Å². The molecule has 0 aliphatic rings. The molecule has 0 aliphatic heterocycles. The van der Waals surface area contributed by atoms with Crippen molar-refractivity contribution in [3.05, 3.63) is 69.1 Å². The number of halogens is 4. The van der Waals surface area contributed by atoms with Gasteiger partial charge in [-0.1, -0.05) is 23.7 Å². The molecule has 0 bridgehead atoms. The highest BCUT2D eigenvalue weighted by atomic mass is 35.5. The summed E-state index contributed by atoms with van der Waals surface area (Å²) in [5.74, 6) is -0.0999. The van der Waals surface area contributed by atoms with Gasteiger partial charge in [0, 0.05) is 21.9 Å². The minimum absolute atomic E-state index is 0.0244. The fraction of sp³-hybridized carbons (Fsp3) is 0.133. The van der Waals surface area contributed by atoms with E-state index in [1.165, 1.54) is 18.2 Å². The van der Waals surface area contributed by atoms with Crippen LogP contribution in [0.3, 0.4) is 0 Å². The van der Waals surface area contributed by atoms with Crippen LogP contribution in [0.25, 0.3) is 10.4 Å². The van der Waals surface area contributed by atoms with E-state index in [0.29, 0.717) is 10.6 Å². The number of ether oxygens (including phenoxy) is 1. The summed E-state index contributed by atoms with van der Waals surface area (Å²) in [4.78, 5) is 2.51. The van der Waals surface area contributed by atoms with Crippen LogP contribution in [0, 0.1) is 5.41 Å². The SMILES string of the molecule is [N-]=[N+]=NC(=N)Cc1ccc(Cl)cc1Oc1cccc(C(F)(F)F)c1. The van der Waals surface area contributed by atoms with Crippen molar-refractivity contribution in [3.8, 4) is 11.5 Å². The lowest BCUT2D eigenvalue weighted by Gasteiger charge is -2.13. The second-order valence-electron chi connectivity index (χ2n) is 4.69. The highest BCUT2D eigenvalue weighted by molar-refractivity contribution is 6.30. The Hall–Kier alpha value is -2.70. The van der Waals surface area contributed by atoms with Crippen LogP contribution >= 0.6 is 11.6 Å². The van der Waals surface area contributed by atoms with Crippen LogP contribution in [0.5, 0.6) is 11.5 Å². The first-order valence-corrected chi connectivity index (χ1v) is 6.93. The van der Waals surface area contributed by atoms with E-state index in [1.807, 2.05) is 0 Å². The lowest BCUT2D eigenvalue weighted by molar-refractivity contribution is -0.137. The molecular formula is C15H10ClF3N4O. The summed E-state index contributed by atoms with van der Waals surface area (Å²) < 4.78 is 43.8. The maximum Gasteiger partial charge on any atom is 0.416 e. The number of azide groups is 1. The predicted molar refractivity (Wildman–Crippen MR) is 83.5 cm³/mol. The van der Waals surface area contributed by atoms with Crippen molar-refractivity contribution in [2.45, 2.75) is 12.6 Å². The van der Waals surface area contributed by atoms with E-state index in [-0.39, 0.29) is 23.8 Å². The molecule has 5 nitrogen and oxygen atoms in total. The smallest absolute Gasteiger partial charge is 0.416 e. The molecule has 0 fully saturated rings. The topological polar surface area (TPSA) is 81.8 Å². The van der Waals surface area contributed by atoms with Crippen molar-refractivity contribution in [3.63, 3.8) is 0 Å². The molecule has 2 aromatic rings. The monoisotopic (exact) mass is 354 g/mol. The van der Waals surface area contributed by atoms with Gasteiger partial charge in [0.15, 0.2) is 0 Å². The fourth-order valence-corrected chi connectivity index (χ4v) is 2.06. The number of benzene rings is 2. The van der Waals surface area contributed by atoms with E-state index >= 15 is 0 Å². The number of amidine groups is 1. The van der Waals surface area contributed by atoms with Crippen LogP contribution in [0.4, 0.5) is 13.2 Å². The van der Waals surface area contributed by atoms with Crippen molar-refractivity contribution in [1.29, 1.82) is 5.41 Å². The Morgan fingerprint density at radius 2 is 2.00 bits per heavy atom. The summed E-state index contributed by atoms with van der Waals surface area (Å²) in [6.07, 6.45) is -4.53. The summed E-state index contributed by atoms with van der Waals surface area (Å²) in [6, 6.07) is 8.90. The largest absolute Gasteiger partial charge is 0.457 e. The van der Waals surface area contributed by atoms with Crippen molar-refractivity contribution >= 4 is 17.4 Å². The minimum Gasteiger partial charge on any atom is -0.457 e. The Labute approximate surface area is 139 Å². The Morgan fingerprint density at radius 1 is 1.25 bits per heavy atom. The van der Waals surface area contributed by atoms with Gasteiger partial charge in [0.05, 0.1) is 11.4 Å². The van der Waals surface area contributed by atoms with Gasteiger partial charge in [0.1, 0.15) is 11.5 Å². The molecule has 9 heteroatoms. The van der Waals surface area contributed by atoms with E-state index in [0.717, 1.165) is 12.1 Å². The van der Waals surface area contributed by atoms with Crippen LogP contribution in [0.15, 0.2) is 47.6 Å². The van der Waals surface area contributed by atoms with Gasteiger partial charge in [0.2, 0.25) is 0 Å². The summed E-state index contributed by atoms with van der Waals surface area (Å²) >= 11 is 5.89. The van der Waals surface area contributed by atoms with Gasteiger partial charge in [-0.25, -0.2) is 0 Å². The van der Waals surface area contributed by atoms with Crippen LogP contribution < -0.4 is 4.74 Å². The normalized spacial score (nSPS) is 10.8. The third kappa shape index (κ3) is 4.65. The molecule has 0 saturated heterocycles.